The van der Waals surface area contributed by atoms with E-state index in [9.17, 15) is 0 Å². The molecular weight excluding hydrogens is 196 g/mol. The molecule has 2 aliphatic heterocycles. The van der Waals surface area contributed by atoms with Crippen molar-refractivity contribution >= 4 is 0 Å². The molecule has 2 saturated heterocycles. The first kappa shape index (κ1) is 12.4. The molecule has 2 heterocycles. The van der Waals surface area contributed by atoms with E-state index in [1.807, 2.05) is 0 Å². The predicted octanol–water partition coefficient (Wildman–Crippen LogP) is 2.49. The summed E-state index contributed by atoms with van der Waals surface area (Å²) in [6, 6.07) is 1.62. The summed E-state index contributed by atoms with van der Waals surface area (Å²) in [5, 5.41) is 3.82. The zero-order chi connectivity index (χ0) is 11.8. The lowest BCUT2D eigenvalue weighted by molar-refractivity contribution is 0.233. The lowest BCUT2D eigenvalue weighted by Crippen LogP contribution is -2.42. The van der Waals surface area contributed by atoms with Gasteiger partial charge in [0, 0.05) is 18.6 Å². The SMILES string of the molecule is CC(CNC1CCN2CCCC12)C(C)(C)C. The number of nitrogens with one attached hydrogen (secondary N) is 1. The van der Waals surface area contributed by atoms with E-state index in [1.165, 1.54) is 38.9 Å². The van der Waals surface area contributed by atoms with Gasteiger partial charge in [0.15, 0.2) is 0 Å². The maximum absolute atomic E-state index is 3.82. The van der Waals surface area contributed by atoms with Crippen molar-refractivity contribution in [2.45, 2.75) is 59.0 Å². The Labute approximate surface area is 101 Å². The Hall–Kier alpha value is -0.0800. The van der Waals surface area contributed by atoms with Crippen molar-refractivity contribution in [1.29, 1.82) is 0 Å². The smallest absolute Gasteiger partial charge is 0.0250 e. The normalized spacial score (nSPS) is 33.0. The van der Waals surface area contributed by atoms with Gasteiger partial charge < -0.3 is 5.32 Å². The highest BCUT2D eigenvalue weighted by Crippen LogP contribution is 2.29. The third-order valence-electron chi connectivity index (χ3n) is 4.77. The van der Waals surface area contributed by atoms with Crippen molar-refractivity contribution in [3.05, 3.63) is 0 Å². The van der Waals surface area contributed by atoms with Gasteiger partial charge in [-0.05, 0) is 43.7 Å². The van der Waals surface area contributed by atoms with E-state index in [0.29, 0.717) is 5.41 Å². The Morgan fingerprint density at radius 1 is 1.25 bits per heavy atom. The molecule has 2 nitrogen and oxygen atoms in total. The Morgan fingerprint density at radius 3 is 2.69 bits per heavy atom. The Kier molecular flexibility index (Phi) is 3.60. The van der Waals surface area contributed by atoms with Crippen LogP contribution in [0.25, 0.3) is 0 Å². The highest BCUT2D eigenvalue weighted by atomic mass is 15.2. The molecule has 3 atom stereocenters. The summed E-state index contributed by atoms with van der Waals surface area (Å²) < 4.78 is 0. The van der Waals surface area contributed by atoms with Gasteiger partial charge in [0.25, 0.3) is 0 Å². The van der Waals surface area contributed by atoms with Crippen LogP contribution >= 0.6 is 0 Å². The van der Waals surface area contributed by atoms with Crippen LogP contribution in [0.2, 0.25) is 0 Å². The van der Waals surface area contributed by atoms with E-state index >= 15 is 0 Å². The van der Waals surface area contributed by atoms with Crippen LogP contribution < -0.4 is 5.32 Å². The summed E-state index contributed by atoms with van der Waals surface area (Å²) in [5.41, 5.74) is 0.432. The Bertz CT molecular complexity index is 231. The summed E-state index contributed by atoms with van der Waals surface area (Å²) in [4.78, 5) is 2.68. The Balaban J connectivity index is 1.78. The second-order valence-corrected chi connectivity index (χ2v) is 6.82. The summed E-state index contributed by atoms with van der Waals surface area (Å²) in [5.74, 6) is 0.753. The van der Waals surface area contributed by atoms with E-state index < -0.39 is 0 Å². The lowest BCUT2D eigenvalue weighted by Gasteiger charge is -2.30. The van der Waals surface area contributed by atoms with Gasteiger partial charge >= 0.3 is 0 Å². The van der Waals surface area contributed by atoms with Gasteiger partial charge in [-0.3, -0.25) is 4.90 Å². The number of hydrogen-bond donors (Lipinski definition) is 1. The molecule has 0 saturated carbocycles. The molecule has 2 fully saturated rings. The number of fused-ring (bicyclic) bond motifs is 1. The van der Waals surface area contributed by atoms with Gasteiger partial charge in [0.1, 0.15) is 0 Å². The van der Waals surface area contributed by atoms with Crippen LogP contribution in [-0.4, -0.2) is 36.6 Å². The molecule has 0 aromatic rings. The first-order valence-corrected chi connectivity index (χ1v) is 6.96. The minimum Gasteiger partial charge on any atom is -0.312 e. The first-order chi connectivity index (χ1) is 7.48. The van der Waals surface area contributed by atoms with E-state index in [-0.39, 0.29) is 0 Å². The molecule has 1 N–H and O–H groups in total. The summed E-state index contributed by atoms with van der Waals surface area (Å²) in [6.07, 6.45) is 4.20. The third-order valence-corrected chi connectivity index (χ3v) is 4.77. The molecule has 2 rings (SSSR count). The molecule has 0 bridgehead atoms. The molecule has 3 unspecified atom stereocenters. The van der Waals surface area contributed by atoms with Crippen molar-refractivity contribution in [3.8, 4) is 0 Å². The van der Waals surface area contributed by atoms with Gasteiger partial charge in [0.2, 0.25) is 0 Å². The first-order valence-electron chi connectivity index (χ1n) is 6.96. The Morgan fingerprint density at radius 2 is 2.00 bits per heavy atom. The van der Waals surface area contributed by atoms with Gasteiger partial charge in [0.05, 0.1) is 0 Å². The molecule has 0 radical (unpaired) electrons. The van der Waals surface area contributed by atoms with Crippen LogP contribution in [0.1, 0.15) is 47.0 Å². The maximum Gasteiger partial charge on any atom is 0.0250 e. The monoisotopic (exact) mass is 224 g/mol. The molecule has 0 aliphatic carbocycles. The largest absolute Gasteiger partial charge is 0.312 e. The second kappa shape index (κ2) is 4.66. The summed E-state index contributed by atoms with van der Waals surface area (Å²) in [6.45, 7) is 13.2. The van der Waals surface area contributed by atoms with Gasteiger partial charge in [-0.15, -0.1) is 0 Å². The van der Waals surface area contributed by atoms with Crippen LogP contribution in [0.5, 0.6) is 0 Å². The standard InChI is InChI=1S/C14H28N2/c1-11(14(2,3)4)10-15-12-7-9-16-8-5-6-13(12)16/h11-13,15H,5-10H2,1-4H3. The zero-order valence-electron chi connectivity index (χ0n) is 11.4. The number of hydrogen-bond acceptors (Lipinski definition) is 2. The molecule has 0 amide bonds. The molecule has 0 aromatic heterocycles. The number of nitrogens with zero attached hydrogens (tertiary/aromatic N) is 1. The van der Waals surface area contributed by atoms with Gasteiger partial charge in [-0.1, -0.05) is 27.7 Å². The summed E-state index contributed by atoms with van der Waals surface area (Å²) >= 11 is 0. The average molecular weight is 224 g/mol. The van der Waals surface area contributed by atoms with Gasteiger partial charge in [-0.2, -0.15) is 0 Å². The fourth-order valence-electron chi connectivity index (χ4n) is 2.95. The highest BCUT2D eigenvalue weighted by Gasteiger charge is 2.37. The van der Waals surface area contributed by atoms with Crippen LogP contribution in [0.15, 0.2) is 0 Å². The van der Waals surface area contributed by atoms with Crippen molar-refractivity contribution < 1.29 is 0 Å². The van der Waals surface area contributed by atoms with E-state index in [4.69, 9.17) is 0 Å². The molecule has 2 heteroatoms. The fourth-order valence-corrected chi connectivity index (χ4v) is 2.95. The molecule has 2 aliphatic rings. The lowest BCUT2D eigenvalue weighted by atomic mass is 9.82. The van der Waals surface area contributed by atoms with Gasteiger partial charge in [-0.25, -0.2) is 0 Å². The van der Waals surface area contributed by atoms with Crippen molar-refractivity contribution in [2.75, 3.05) is 19.6 Å². The fraction of sp³-hybridized carbons (Fsp3) is 1.00. The molecular formula is C14H28N2. The van der Waals surface area contributed by atoms with Crippen molar-refractivity contribution in [2.24, 2.45) is 11.3 Å². The van der Waals surface area contributed by atoms with E-state index in [1.54, 1.807) is 0 Å². The topological polar surface area (TPSA) is 15.3 Å². The van der Waals surface area contributed by atoms with E-state index in [2.05, 4.69) is 37.9 Å². The van der Waals surface area contributed by atoms with Crippen molar-refractivity contribution in [3.63, 3.8) is 0 Å². The molecule has 0 spiro atoms. The van der Waals surface area contributed by atoms with Crippen molar-refractivity contribution in [1.82, 2.24) is 10.2 Å². The molecule has 94 valence electrons. The molecule has 16 heavy (non-hydrogen) atoms. The summed E-state index contributed by atoms with van der Waals surface area (Å²) in [7, 11) is 0. The average Bonchev–Trinajstić information content (AvgIpc) is 2.74. The second-order valence-electron chi connectivity index (χ2n) is 6.82. The quantitative estimate of drug-likeness (QED) is 0.792. The minimum atomic E-state index is 0.432. The minimum absolute atomic E-state index is 0.432. The van der Waals surface area contributed by atoms with Crippen LogP contribution in [0, 0.1) is 11.3 Å². The van der Waals surface area contributed by atoms with Crippen LogP contribution in [-0.2, 0) is 0 Å². The van der Waals surface area contributed by atoms with E-state index in [0.717, 1.165) is 18.0 Å². The predicted molar refractivity (Wildman–Crippen MR) is 69.6 cm³/mol. The third kappa shape index (κ3) is 2.60. The zero-order valence-corrected chi connectivity index (χ0v) is 11.4. The maximum atomic E-state index is 3.82. The number of rotatable bonds is 3. The van der Waals surface area contributed by atoms with Crippen LogP contribution in [0.3, 0.4) is 0 Å². The highest BCUT2D eigenvalue weighted by molar-refractivity contribution is 4.95. The van der Waals surface area contributed by atoms with Crippen LogP contribution in [0.4, 0.5) is 0 Å². The molecule has 0 aromatic carbocycles.